The molecule has 0 fully saturated rings. The van der Waals surface area contributed by atoms with Crippen molar-refractivity contribution in [3.63, 3.8) is 0 Å². The largest absolute Gasteiger partial charge is 0.478 e. The topological polar surface area (TPSA) is 42.2 Å². The lowest BCUT2D eigenvalue weighted by molar-refractivity contribution is 0.0696. The molecule has 0 saturated carbocycles. The summed E-state index contributed by atoms with van der Waals surface area (Å²) in [5.41, 5.74) is 3.72. The van der Waals surface area contributed by atoms with Gasteiger partial charge in [0.2, 0.25) is 0 Å². The summed E-state index contributed by atoms with van der Waals surface area (Å²) in [6.07, 6.45) is 2.04. The zero-order valence-electron chi connectivity index (χ0n) is 11.2. The van der Waals surface area contributed by atoms with Crippen LogP contribution in [0.2, 0.25) is 0 Å². The molecule has 0 spiro atoms. The van der Waals surface area contributed by atoms with Crippen LogP contribution in [0.1, 0.15) is 21.5 Å². The maximum absolute atomic E-state index is 11.0. The molecular weight excluding hydrogens is 250 g/mol. The number of aromatic nitrogens is 1. The highest BCUT2D eigenvalue weighted by molar-refractivity contribution is 5.87. The lowest BCUT2D eigenvalue weighted by atomic mass is 10.1. The van der Waals surface area contributed by atoms with E-state index in [0.29, 0.717) is 12.1 Å². The molecule has 0 unspecified atom stereocenters. The van der Waals surface area contributed by atoms with Gasteiger partial charge in [0.15, 0.2) is 0 Å². The van der Waals surface area contributed by atoms with Crippen molar-refractivity contribution in [2.75, 3.05) is 0 Å². The lowest BCUT2D eigenvalue weighted by Gasteiger charge is -2.07. The fourth-order valence-corrected chi connectivity index (χ4v) is 2.46. The monoisotopic (exact) mass is 265 g/mol. The van der Waals surface area contributed by atoms with Gasteiger partial charge in [-0.05, 0) is 48.2 Å². The Morgan fingerprint density at radius 2 is 2.00 bits per heavy atom. The van der Waals surface area contributed by atoms with Gasteiger partial charge in [0.25, 0.3) is 0 Å². The van der Waals surface area contributed by atoms with E-state index >= 15 is 0 Å². The zero-order chi connectivity index (χ0) is 14.1. The Hall–Kier alpha value is -2.55. The SMILES string of the molecule is Cc1ccc2c(ccn2Cc2cccc(C(=O)O)c2)c1. The molecule has 1 aromatic heterocycles. The summed E-state index contributed by atoms with van der Waals surface area (Å²) in [6.45, 7) is 2.75. The first-order valence-electron chi connectivity index (χ1n) is 6.51. The molecule has 0 bridgehead atoms. The van der Waals surface area contributed by atoms with Crippen molar-refractivity contribution in [3.05, 3.63) is 71.4 Å². The highest BCUT2D eigenvalue weighted by atomic mass is 16.4. The van der Waals surface area contributed by atoms with Gasteiger partial charge in [0.1, 0.15) is 0 Å². The summed E-state index contributed by atoms with van der Waals surface area (Å²) < 4.78 is 2.13. The third-order valence-electron chi connectivity index (χ3n) is 3.45. The Kier molecular flexibility index (Phi) is 3.03. The van der Waals surface area contributed by atoms with Crippen molar-refractivity contribution in [3.8, 4) is 0 Å². The predicted molar refractivity (Wildman–Crippen MR) is 79.2 cm³/mol. The van der Waals surface area contributed by atoms with Gasteiger partial charge >= 0.3 is 5.97 Å². The molecule has 0 saturated heterocycles. The first-order chi connectivity index (χ1) is 9.63. The molecule has 3 rings (SSSR count). The number of hydrogen-bond acceptors (Lipinski definition) is 1. The Labute approximate surface area is 117 Å². The number of aromatic carboxylic acids is 1. The van der Waals surface area contributed by atoms with Crippen LogP contribution in [0.25, 0.3) is 10.9 Å². The molecule has 0 radical (unpaired) electrons. The molecule has 0 aliphatic carbocycles. The molecule has 0 atom stereocenters. The molecule has 100 valence electrons. The van der Waals surface area contributed by atoms with Gasteiger partial charge in [0, 0.05) is 18.3 Å². The van der Waals surface area contributed by atoms with Crippen LogP contribution in [-0.2, 0) is 6.54 Å². The first kappa shape index (κ1) is 12.5. The van der Waals surface area contributed by atoms with Crippen molar-refractivity contribution in [2.45, 2.75) is 13.5 Å². The number of carboxylic acids is 1. The summed E-state index contributed by atoms with van der Waals surface area (Å²) in [5.74, 6) is -0.889. The minimum absolute atomic E-state index is 0.329. The van der Waals surface area contributed by atoms with Crippen LogP contribution in [0.5, 0.6) is 0 Å². The quantitative estimate of drug-likeness (QED) is 0.784. The number of fused-ring (bicyclic) bond motifs is 1. The molecule has 20 heavy (non-hydrogen) atoms. The molecule has 3 aromatic rings. The Morgan fingerprint density at radius 3 is 2.80 bits per heavy atom. The van der Waals surface area contributed by atoms with Crippen LogP contribution in [0.3, 0.4) is 0 Å². The smallest absolute Gasteiger partial charge is 0.335 e. The van der Waals surface area contributed by atoms with Gasteiger partial charge < -0.3 is 9.67 Å². The van der Waals surface area contributed by atoms with Crippen molar-refractivity contribution in [2.24, 2.45) is 0 Å². The van der Waals surface area contributed by atoms with E-state index in [1.807, 2.05) is 12.3 Å². The molecule has 3 nitrogen and oxygen atoms in total. The maximum Gasteiger partial charge on any atom is 0.335 e. The molecule has 0 aliphatic rings. The van der Waals surface area contributed by atoms with Gasteiger partial charge in [-0.25, -0.2) is 4.79 Å². The standard InChI is InChI=1S/C17H15NO2/c1-12-5-6-16-14(9-12)7-8-18(16)11-13-3-2-4-15(10-13)17(19)20/h2-10H,11H2,1H3,(H,19,20). The van der Waals surface area contributed by atoms with Crippen molar-refractivity contribution in [1.82, 2.24) is 4.57 Å². The molecule has 2 aromatic carbocycles. The van der Waals surface area contributed by atoms with Crippen LogP contribution < -0.4 is 0 Å². The number of rotatable bonds is 3. The zero-order valence-corrected chi connectivity index (χ0v) is 11.2. The van der Waals surface area contributed by atoms with E-state index in [9.17, 15) is 4.79 Å². The number of aryl methyl sites for hydroxylation is 1. The number of carboxylic acid groups (broad SMARTS) is 1. The van der Waals surface area contributed by atoms with Crippen LogP contribution in [-0.4, -0.2) is 15.6 Å². The van der Waals surface area contributed by atoms with Gasteiger partial charge in [0.05, 0.1) is 5.56 Å². The number of carbonyl (C=O) groups is 1. The van der Waals surface area contributed by atoms with Gasteiger partial charge in [-0.15, -0.1) is 0 Å². The normalized spacial score (nSPS) is 10.8. The van der Waals surface area contributed by atoms with E-state index in [1.165, 1.54) is 10.9 Å². The average molecular weight is 265 g/mol. The Bertz CT molecular complexity index is 787. The van der Waals surface area contributed by atoms with E-state index < -0.39 is 5.97 Å². The number of benzene rings is 2. The third-order valence-corrected chi connectivity index (χ3v) is 3.45. The van der Waals surface area contributed by atoms with Crippen molar-refractivity contribution in [1.29, 1.82) is 0 Å². The molecule has 1 heterocycles. The second-order valence-electron chi connectivity index (χ2n) is 5.01. The molecular formula is C17H15NO2. The second kappa shape index (κ2) is 4.85. The van der Waals surface area contributed by atoms with Crippen LogP contribution in [0, 0.1) is 6.92 Å². The van der Waals surface area contributed by atoms with E-state index in [1.54, 1.807) is 18.2 Å². The summed E-state index contributed by atoms with van der Waals surface area (Å²) in [7, 11) is 0. The summed E-state index contributed by atoms with van der Waals surface area (Å²) >= 11 is 0. The summed E-state index contributed by atoms with van der Waals surface area (Å²) in [6, 6.07) is 15.5. The Balaban J connectivity index is 1.97. The number of hydrogen-bond donors (Lipinski definition) is 1. The van der Waals surface area contributed by atoms with Gasteiger partial charge in [-0.3, -0.25) is 0 Å². The second-order valence-corrected chi connectivity index (χ2v) is 5.01. The molecule has 0 aliphatic heterocycles. The van der Waals surface area contributed by atoms with E-state index in [2.05, 4.69) is 35.8 Å². The molecule has 1 N–H and O–H groups in total. The average Bonchev–Trinajstić information content (AvgIpc) is 2.81. The van der Waals surface area contributed by atoms with Crippen LogP contribution in [0.4, 0.5) is 0 Å². The van der Waals surface area contributed by atoms with E-state index in [0.717, 1.165) is 11.1 Å². The fourth-order valence-electron chi connectivity index (χ4n) is 2.46. The minimum atomic E-state index is -0.889. The molecule has 3 heteroatoms. The summed E-state index contributed by atoms with van der Waals surface area (Å²) in [4.78, 5) is 11.0. The third kappa shape index (κ3) is 2.30. The Morgan fingerprint density at radius 1 is 1.15 bits per heavy atom. The highest BCUT2D eigenvalue weighted by Gasteiger charge is 2.05. The first-order valence-corrected chi connectivity index (χ1v) is 6.51. The lowest BCUT2D eigenvalue weighted by Crippen LogP contribution is -2.01. The molecule has 0 amide bonds. The van der Waals surface area contributed by atoms with E-state index in [-0.39, 0.29) is 0 Å². The predicted octanol–water partition coefficient (Wildman–Crippen LogP) is 3.70. The van der Waals surface area contributed by atoms with E-state index in [4.69, 9.17) is 5.11 Å². The van der Waals surface area contributed by atoms with Crippen molar-refractivity contribution < 1.29 is 9.90 Å². The van der Waals surface area contributed by atoms with Gasteiger partial charge in [-0.2, -0.15) is 0 Å². The maximum atomic E-state index is 11.0. The minimum Gasteiger partial charge on any atom is -0.478 e. The van der Waals surface area contributed by atoms with Crippen LogP contribution >= 0.6 is 0 Å². The highest BCUT2D eigenvalue weighted by Crippen LogP contribution is 2.19. The number of nitrogens with zero attached hydrogens (tertiary/aromatic N) is 1. The van der Waals surface area contributed by atoms with Gasteiger partial charge in [-0.1, -0.05) is 23.8 Å². The van der Waals surface area contributed by atoms with Crippen molar-refractivity contribution >= 4 is 16.9 Å². The fraction of sp³-hybridized carbons (Fsp3) is 0.118. The van der Waals surface area contributed by atoms with Crippen LogP contribution in [0.15, 0.2) is 54.7 Å². The summed E-state index contributed by atoms with van der Waals surface area (Å²) in [5, 5.41) is 10.2.